The van der Waals surface area contributed by atoms with Gasteiger partial charge in [-0.15, -0.1) is 0 Å². The predicted octanol–water partition coefficient (Wildman–Crippen LogP) is 4.93. The van der Waals surface area contributed by atoms with Crippen LogP contribution in [0, 0.1) is 6.92 Å². The molecular formula is C24H25N5. The zero-order valence-electron chi connectivity index (χ0n) is 16.9. The van der Waals surface area contributed by atoms with Crippen LogP contribution in [0.4, 0.5) is 11.5 Å². The number of aromatic amines is 1. The zero-order chi connectivity index (χ0) is 19.8. The van der Waals surface area contributed by atoms with Crippen LogP contribution < -0.4 is 10.2 Å². The van der Waals surface area contributed by atoms with Gasteiger partial charge < -0.3 is 15.2 Å². The van der Waals surface area contributed by atoms with Crippen LogP contribution in [0.1, 0.15) is 23.4 Å². The average molecular weight is 383 g/mol. The summed E-state index contributed by atoms with van der Waals surface area (Å²) in [6.07, 6.45) is 2.10. The fourth-order valence-electron chi connectivity index (χ4n) is 4.25. The smallest absolute Gasteiger partial charge is 0.164 e. The maximum absolute atomic E-state index is 5.02. The SMILES string of the molecule is Cc1[nH]c2ccccc2c1-c1nc2c(c(NCc3ccccc3)n1)N(C)CCC2. The summed E-state index contributed by atoms with van der Waals surface area (Å²) in [5.74, 6) is 1.71. The Balaban J connectivity index is 1.62. The first-order valence-corrected chi connectivity index (χ1v) is 10.2. The third kappa shape index (κ3) is 3.23. The minimum Gasteiger partial charge on any atom is -0.370 e. The third-order valence-electron chi connectivity index (χ3n) is 5.67. The second-order valence-corrected chi connectivity index (χ2v) is 7.73. The van der Waals surface area contributed by atoms with Crippen LogP contribution in [0.25, 0.3) is 22.3 Å². The number of hydrogen-bond acceptors (Lipinski definition) is 4. The molecule has 2 aromatic heterocycles. The van der Waals surface area contributed by atoms with Gasteiger partial charge in [0.2, 0.25) is 0 Å². The van der Waals surface area contributed by atoms with Gasteiger partial charge in [0.25, 0.3) is 0 Å². The Bertz CT molecular complexity index is 1160. The topological polar surface area (TPSA) is 56.8 Å². The molecule has 1 aliphatic rings. The lowest BCUT2D eigenvalue weighted by molar-refractivity contribution is 0.721. The second kappa shape index (κ2) is 7.24. The van der Waals surface area contributed by atoms with E-state index in [4.69, 9.17) is 9.97 Å². The number of anilines is 2. The van der Waals surface area contributed by atoms with E-state index in [9.17, 15) is 0 Å². The van der Waals surface area contributed by atoms with Gasteiger partial charge in [-0.3, -0.25) is 0 Å². The highest BCUT2D eigenvalue weighted by Gasteiger charge is 2.23. The highest BCUT2D eigenvalue weighted by Crippen LogP contribution is 2.36. The lowest BCUT2D eigenvalue weighted by Crippen LogP contribution is -2.27. The molecule has 0 amide bonds. The standard InChI is InChI=1S/C24H25N5/c1-16-21(18-11-6-7-12-19(18)26-16)23-27-20-13-8-14-29(2)22(20)24(28-23)25-15-17-9-4-3-5-10-17/h3-7,9-12,26H,8,13-15H2,1-2H3,(H,25,27,28). The van der Waals surface area contributed by atoms with Crippen molar-refractivity contribution in [2.75, 3.05) is 23.8 Å². The number of hydrogen-bond donors (Lipinski definition) is 2. The predicted molar refractivity (Wildman–Crippen MR) is 119 cm³/mol. The molecule has 5 heteroatoms. The summed E-state index contributed by atoms with van der Waals surface area (Å²) in [7, 11) is 2.13. The Kier molecular flexibility index (Phi) is 4.43. The van der Waals surface area contributed by atoms with Crippen molar-refractivity contribution < 1.29 is 0 Å². The van der Waals surface area contributed by atoms with Gasteiger partial charge >= 0.3 is 0 Å². The molecule has 146 valence electrons. The van der Waals surface area contributed by atoms with Crippen molar-refractivity contribution in [1.82, 2.24) is 15.0 Å². The van der Waals surface area contributed by atoms with Crippen molar-refractivity contribution >= 4 is 22.4 Å². The van der Waals surface area contributed by atoms with E-state index in [1.807, 2.05) is 6.07 Å². The van der Waals surface area contributed by atoms with Gasteiger partial charge in [0.05, 0.1) is 5.69 Å². The van der Waals surface area contributed by atoms with Crippen molar-refractivity contribution in [3.05, 3.63) is 71.5 Å². The first-order valence-electron chi connectivity index (χ1n) is 10.2. The van der Waals surface area contributed by atoms with E-state index in [0.29, 0.717) is 0 Å². The Morgan fingerprint density at radius 3 is 2.69 bits per heavy atom. The van der Waals surface area contributed by atoms with Crippen LogP contribution in [0.15, 0.2) is 54.6 Å². The second-order valence-electron chi connectivity index (χ2n) is 7.73. The molecule has 1 aliphatic heterocycles. The Morgan fingerprint density at radius 1 is 1.03 bits per heavy atom. The lowest BCUT2D eigenvalue weighted by Gasteiger charge is -2.29. The van der Waals surface area contributed by atoms with Crippen LogP contribution in [0.3, 0.4) is 0 Å². The van der Waals surface area contributed by atoms with Crippen LogP contribution in [-0.4, -0.2) is 28.5 Å². The van der Waals surface area contributed by atoms with Crippen LogP contribution in [0.5, 0.6) is 0 Å². The molecule has 2 aromatic carbocycles. The van der Waals surface area contributed by atoms with E-state index in [1.165, 1.54) is 10.9 Å². The first kappa shape index (κ1) is 17.7. The number of para-hydroxylation sites is 1. The molecule has 0 spiro atoms. The van der Waals surface area contributed by atoms with Gasteiger partial charge in [-0.1, -0.05) is 48.5 Å². The molecule has 0 aliphatic carbocycles. The summed E-state index contributed by atoms with van der Waals surface area (Å²) in [6.45, 7) is 3.87. The molecule has 5 nitrogen and oxygen atoms in total. The summed E-state index contributed by atoms with van der Waals surface area (Å²) < 4.78 is 0. The molecule has 29 heavy (non-hydrogen) atoms. The fourth-order valence-corrected chi connectivity index (χ4v) is 4.25. The number of nitrogens with one attached hydrogen (secondary N) is 2. The van der Waals surface area contributed by atoms with E-state index in [2.05, 4.69) is 77.7 Å². The van der Waals surface area contributed by atoms with Gasteiger partial charge in [0, 0.05) is 42.3 Å². The van der Waals surface area contributed by atoms with Crippen molar-refractivity contribution in [3.63, 3.8) is 0 Å². The summed E-state index contributed by atoms with van der Waals surface area (Å²) in [5.41, 5.74) is 6.82. The summed E-state index contributed by atoms with van der Waals surface area (Å²) >= 11 is 0. The van der Waals surface area contributed by atoms with E-state index in [-0.39, 0.29) is 0 Å². The maximum Gasteiger partial charge on any atom is 0.164 e. The summed E-state index contributed by atoms with van der Waals surface area (Å²) in [6, 6.07) is 18.8. The highest BCUT2D eigenvalue weighted by molar-refractivity contribution is 5.96. The van der Waals surface area contributed by atoms with Gasteiger partial charge in [0.1, 0.15) is 5.69 Å². The van der Waals surface area contributed by atoms with Crippen LogP contribution in [0.2, 0.25) is 0 Å². The first-order chi connectivity index (χ1) is 14.2. The van der Waals surface area contributed by atoms with Crippen molar-refractivity contribution in [3.8, 4) is 11.4 Å². The zero-order valence-corrected chi connectivity index (χ0v) is 16.9. The number of rotatable bonds is 4. The number of aromatic nitrogens is 3. The van der Waals surface area contributed by atoms with Crippen molar-refractivity contribution in [1.29, 1.82) is 0 Å². The molecule has 3 heterocycles. The van der Waals surface area contributed by atoms with Crippen molar-refractivity contribution in [2.45, 2.75) is 26.3 Å². The lowest BCUT2D eigenvalue weighted by atomic mass is 10.1. The molecular weight excluding hydrogens is 358 g/mol. The van der Waals surface area contributed by atoms with Crippen molar-refractivity contribution in [2.24, 2.45) is 0 Å². The fraction of sp³-hybridized carbons (Fsp3) is 0.250. The van der Waals surface area contributed by atoms with Gasteiger partial charge in [-0.05, 0) is 31.4 Å². The Hall–Kier alpha value is -3.34. The molecule has 0 saturated carbocycles. The minimum absolute atomic E-state index is 0.741. The molecule has 4 aromatic rings. The minimum atomic E-state index is 0.741. The molecule has 0 saturated heterocycles. The average Bonchev–Trinajstić information content (AvgIpc) is 3.08. The third-order valence-corrected chi connectivity index (χ3v) is 5.67. The monoisotopic (exact) mass is 383 g/mol. The Morgan fingerprint density at radius 2 is 1.83 bits per heavy atom. The number of aryl methyl sites for hydroxylation is 2. The normalized spacial score (nSPS) is 13.5. The number of fused-ring (bicyclic) bond motifs is 2. The largest absolute Gasteiger partial charge is 0.370 e. The molecule has 0 atom stereocenters. The molecule has 2 N–H and O–H groups in total. The highest BCUT2D eigenvalue weighted by atomic mass is 15.2. The molecule has 0 radical (unpaired) electrons. The van der Waals surface area contributed by atoms with E-state index in [1.54, 1.807) is 0 Å². The Labute approximate surface area is 170 Å². The number of benzene rings is 2. The van der Waals surface area contributed by atoms with Gasteiger partial charge in [0.15, 0.2) is 11.6 Å². The molecule has 0 bridgehead atoms. The molecule has 0 fully saturated rings. The quantitative estimate of drug-likeness (QED) is 0.525. The molecule has 5 rings (SSSR count). The van der Waals surface area contributed by atoms with Crippen LogP contribution >= 0.6 is 0 Å². The number of nitrogens with zero attached hydrogens (tertiary/aromatic N) is 3. The van der Waals surface area contributed by atoms with Gasteiger partial charge in [-0.25, -0.2) is 9.97 Å². The number of H-pyrrole nitrogens is 1. The maximum atomic E-state index is 5.02. The summed E-state index contributed by atoms with van der Waals surface area (Å²) in [5, 5.41) is 4.76. The van der Waals surface area contributed by atoms with E-state index >= 15 is 0 Å². The molecule has 0 unspecified atom stereocenters. The van der Waals surface area contributed by atoms with E-state index in [0.717, 1.165) is 65.7 Å². The van der Waals surface area contributed by atoms with Crippen LogP contribution in [-0.2, 0) is 13.0 Å². The van der Waals surface area contributed by atoms with Gasteiger partial charge in [-0.2, -0.15) is 0 Å². The summed E-state index contributed by atoms with van der Waals surface area (Å²) in [4.78, 5) is 15.8. The van der Waals surface area contributed by atoms with E-state index < -0.39 is 0 Å².